The average Bonchev–Trinajstić information content (AvgIpc) is 2.91. The van der Waals surface area contributed by atoms with Gasteiger partial charge < -0.3 is 14.7 Å². The van der Waals surface area contributed by atoms with Gasteiger partial charge in [0.2, 0.25) is 5.89 Å². The van der Waals surface area contributed by atoms with E-state index in [-0.39, 0.29) is 17.9 Å². The monoisotopic (exact) mass is 380 g/mol. The summed E-state index contributed by atoms with van der Waals surface area (Å²) in [5.41, 5.74) is 1.40. The molecule has 148 valence electrons. The number of aromatic nitrogens is 2. The molecule has 6 heteroatoms. The van der Waals surface area contributed by atoms with Gasteiger partial charge in [0.15, 0.2) is 5.82 Å². The molecule has 2 unspecified atom stereocenters. The van der Waals surface area contributed by atoms with Crippen LogP contribution in [0.5, 0.6) is 0 Å². The fraction of sp³-hybridized carbons (Fsp3) is 0.500. The van der Waals surface area contributed by atoms with E-state index in [9.17, 15) is 4.79 Å². The summed E-state index contributed by atoms with van der Waals surface area (Å²) in [4.78, 5) is 19.6. The van der Waals surface area contributed by atoms with Gasteiger partial charge in [0, 0.05) is 18.7 Å². The molecule has 0 saturated carbocycles. The molecule has 1 N–H and O–H groups in total. The molecule has 3 aliphatic rings. The van der Waals surface area contributed by atoms with E-state index >= 15 is 0 Å². The van der Waals surface area contributed by atoms with Crippen molar-refractivity contribution in [2.75, 3.05) is 19.6 Å². The van der Waals surface area contributed by atoms with Crippen LogP contribution < -0.4 is 5.32 Å². The summed E-state index contributed by atoms with van der Waals surface area (Å²) in [5, 5.41) is 7.76. The Kier molecular flexibility index (Phi) is 5.86. The lowest BCUT2D eigenvalue weighted by Crippen LogP contribution is -2.40. The molecule has 0 bridgehead atoms. The first kappa shape index (κ1) is 18.9. The van der Waals surface area contributed by atoms with Crippen LogP contribution in [0.2, 0.25) is 0 Å². The third-order valence-corrected chi connectivity index (χ3v) is 5.75. The molecule has 1 aromatic heterocycles. The molecule has 28 heavy (non-hydrogen) atoms. The van der Waals surface area contributed by atoms with Crippen molar-refractivity contribution in [3.05, 3.63) is 59.8 Å². The van der Waals surface area contributed by atoms with Gasteiger partial charge in [-0.2, -0.15) is 4.98 Å². The quantitative estimate of drug-likeness (QED) is 0.868. The van der Waals surface area contributed by atoms with E-state index in [0.717, 1.165) is 43.7 Å². The SMILES string of the molecule is C=C1C=CC=CC=C1C(=O)N1CCCC(c2nc(C3CCCCCN3)no2)C1. The van der Waals surface area contributed by atoms with Gasteiger partial charge in [-0.25, -0.2) is 0 Å². The minimum Gasteiger partial charge on any atom is -0.339 e. The Labute approximate surface area is 166 Å². The van der Waals surface area contributed by atoms with Crippen molar-refractivity contribution < 1.29 is 9.32 Å². The molecule has 2 fully saturated rings. The summed E-state index contributed by atoms with van der Waals surface area (Å²) < 4.78 is 5.62. The van der Waals surface area contributed by atoms with Crippen LogP contribution in [0.4, 0.5) is 0 Å². The molecule has 1 aliphatic carbocycles. The van der Waals surface area contributed by atoms with E-state index in [0.29, 0.717) is 18.0 Å². The number of amides is 1. The van der Waals surface area contributed by atoms with Gasteiger partial charge in [0.25, 0.3) is 5.91 Å². The van der Waals surface area contributed by atoms with Crippen LogP contribution in [0.15, 0.2) is 52.6 Å². The minimum atomic E-state index is 0.0241. The maximum atomic E-state index is 13.0. The molecule has 0 aromatic carbocycles. The third-order valence-electron chi connectivity index (χ3n) is 5.75. The zero-order valence-corrected chi connectivity index (χ0v) is 16.3. The van der Waals surface area contributed by atoms with Gasteiger partial charge in [0.1, 0.15) is 0 Å². The summed E-state index contributed by atoms with van der Waals surface area (Å²) >= 11 is 0. The number of hydrogen-bond acceptors (Lipinski definition) is 5. The Morgan fingerprint density at radius 2 is 2.11 bits per heavy atom. The first-order valence-electron chi connectivity index (χ1n) is 10.3. The first-order chi connectivity index (χ1) is 13.7. The molecule has 1 aromatic rings. The highest BCUT2D eigenvalue weighted by atomic mass is 16.5. The van der Waals surface area contributed by atoms with Crippen molar-refractivity contribution in [3.8, 4) is 0 Å². The van der Waals surface area contributed by atoms with E-state index in [2.05, 4.69) is 17.1 Å². The largest absolute Gasteiger partial charge is 0.339 e. The van der Waals surface area contributed by atoms with Crippen molar-refractivity contribution in [1.82, 2.24) is 20.4 Å². The fourth-order valence-corrected chi connectivity index (χ4v) is 4.13. The molecule has 0 spiro atoms. The number of carbonyl (C=O) groups excluding carboxylic acids is 1. The molecule has 3 heterocycles. The maximum absolute atomic E-state index is 13.0. The topological polar surface area (TPSA) is 71.3 Å². The number of hydrogen-bond donors (Lipinski definition) is 1. The van der Waals surface area contributed by atoms with Gasteiger partial charge in [-0.1, -0.05) is 48.9 Å². The normalized spacial score (nSPS) is 25.9. The van der Waals surface area contributed by atoms with Crippen LogP contribution in [0, 0.1) is 0 Å². The second kappa shape index (κ2) is 8.69. The summed E-state index contributed by atoms with van der Waals surface area (Å²) in [6.45, 7) is 6.38. The van der Waals surface area contributed by atoms with Gasteiger partial charge in [-0.3, -0.25) is 4.79 Å². The molecule has 1 amide bonds. The zero-order chi connectivity index (χ0) is 19.3. The van der Waals surface area contributed by atoms with E-state index in [1.807, 2.05) is 35.3 Å². The Bertz CT molecular complexity index is 812. The van der Waals surface area contributed by atoms with Crippen molar-refractivity contribution in [1.29, 1.82) is 0 Å². The Morgan fingerprint density at radius 3 is 3.04 bits per heavy atom. The van der Waals surface area contributed by atoms with E-state index in [1.54, 1.807) is 0 Å². The van der Waals surface area contributed by atoms with Crippen molar-refractivity contribution in [2.24, 2.45) is 0 Å². The average molecular weight is 380 g/mol. The van der Waals surface area contributed by atoms with Crippen LogP contribution in [0.3, 0.4) is 0 Å². The number of allylic oxidation sites excluding steroid dienone is 5. The highest BCUT2D eigenvalue weighted by Gasteiger charge is 2.31. The molecule has 0 radical (unpaired) electrons. The number of carbonyl (C=O) groups is 1. The van der Waals surface area contributed by atoms with Crippen molar-refractivity contribution >= 4 is 5.91 Å². The van der Waals surface area contributed by atoms with Gasteiger partial charge in [0.05, 0.1) is 12.0 Å². The van der Waals surface area contributed by atoms with Gasteiger partial charge >= 0.3 is 0 Å². The fourth-order valence-electron chi connectivity index (χ4n) is 4.13. The molecule has 2 atom stereocenters. The summed E-state index contributed by atoms with van der Waals surface area (Å²) in [6.07, 6.45) is 16.0. The molecule has 6 nitrogen and oxygen atoms in total. The predicted molar refractivity (Wildman–Crippen MR) is 108 cm³/mol. The maximum Gasteiger partial charge on any atom is 0.254 e. The summed E-state index contributed by atoms with van der Waals surface area (Å²) in [6, 6.07) is 0.180. The molecule has 2 aliphatic heterocycles. The summed E-state index contributed by atoms with van der Waals surface area (Å²) in [7, 11) is 0. The van der Waals surface area contributed by atoms with E-state index in [1.165, 1.54) is 19.3 Å². The third kappa shape index (κ3) is 4.17. The minimum absolute atomic E-state index is 0.0241. The molecular formula is C22H28N4O2. The highest BCUT2D eigenvalue weighted by molar-refractivity contribution is 5.99. The van der Waals surface area contributed by atoms with Crippen molar-refractivity contribution in [3.63, 3.8) is 0 Å². The van der Waals surface area contributed by atoms with Crippen LogP contribution in [0.1, 0.15) is 62.2 Å². The summed E-state index contributed by atoms with van der Waals surface area (Å²) in [5.74, 6) is 1.54. The van der Waals surface area contributed by atoms with Crippen molar-refractivity contribution in [2.45, 2.75) is 50.5 Å². The van der Waals surface area contributed by atoms with Crippen LogP contribution in [-0.2, 0) is 4.79 Å². The van der Waals surface area contributed by atoms with E-state index < -0.39 is 0 Å². The Morgan fingerprint density at radius 1 is 1.18 bits per heavy atom. The molecular weight excluding hydrogens is 352 g/mol. The second-order valence-corrected chi connectivity index (χ2v) is 7.79. The Hall–Kier alpha value is -2.47. The number of likely N-dealkylation sites (tertiary alicyclic amines) is 1. The van der Waals surface area contributed by atoms with Gasteiger partial charge in [-0.05, 0) is 43.9 Å². The van der Waals surface area contributed by atoms with Crippen LogP contribution in [0.25, 0.3) is 0 Å². The smallest absolute Gasteiger partial charge is 0.254 e. The number of piperidine rings is 1. The molecule has 2 saturated heterocycles. The predicted octanol–water partition coefficient (Wildman–Crippen LogP) is 3.59. The second-order valence-electron chi connectivity index (χ2n) is 7.79. The first-order valence-corrected chi connectivity index (χ1v) is 10.3. The lowest BCUT2D eigenvalue weighted by molar-refractivity contribution is -0.128. The molecule has 4 rings (SSSR count). The standard InChI is InChI=1S/C22H28N4O2/c1-16-9-4-2-5-11-18(16)22(27)26-14-8-10-17(15-26)21-24-20(25-28-21)19-12-6-3-7-13-23-19/h2,4-5,9,11,17,19,23H,1,3,6-8,10,12-15H2. The number of nitrogens with zero attached hydrogens (tertiary/aromatic N) is 3. The highest BCUT2D eigenvalue weighted by Crippen LogP contribution is 2.29. The van der Waals surface area contributed by atoms with Crippen LogP contribution >= 0.6 is 0 Å². The lowest BCUT2D eigenvalue weighted by atomic mass is 9.96. The van der Waals surface area contributed by atoms with E-state index in [4.69, 9.17) is 9.51 Å². The van der Waals surface area contributed by atoms with Gasteiger partial charge in [-0.15, -0.1) is 0 Å². The number of nitrogens with one attached hydrogen (secondary N) is 1. The zero-order valence-electron chi connectivity index (χ0n) is 16.3. The lowest BCUT2D eigenvalue weighted by Gasteiger charge is -2.31. The van der Waals surface area contributed by atoms with Crippen LogP contribution in [-0.4, -0.2) is 40.6 Å². The number of rotatable bonds is 3. The Balaban J connectivity index is 1.44.